The average molecular weight is 537 g/mol. The third-order valence-electron chi connectivity index (χ3n) is 5.39. The first-order valence-corrected chi connectivity index (χ1v) is 10.4. The molecule has 1 aliphatic rings. The number of guanidine groups is 1. The second kappa shape index (κ2) is 10.3. The lowest BCUT2D eigenvalue weighted by atomic mass is 10.1. The van der Waals surface area contributed by atoms with Crippen LogP contribution in [0.3, 0.4) is 0 Å². The van der Waals surface area contributed by atoms with E-state index in [1.807, 2.05) is 31.3 Å². The van der Waals surface area contributed by atoms with Crippen LogP contribution in [0.25, 0.3) is 5.65 Å². The second-order valence-corrected chi connectivity index (χ2v) is 7.86. The molecule has 8 heteroatoms. The topological polar surface area (TPSA) is 63.0 Å². The van der Waals surface area contributed by atoms with Crippen molar-refractivity contribution in [2.24, 2.45) is 10.9 Å². The molecule has 0 radical (unpaired) electrons. The summed E-state index contributed by atoms with van der Waals surface area (Å²) in [5.74, 6) is 1.22. The minimum absolute atomic E-state index is 0. The molecular formula is C23H29FIN5O. The Morgan fingerprint density at radius 3 is 2.81 bits per heavy atom. The number of nitrogens with one attached hydrogen (secondary N) is 2. The summed E-state index contributed by atoms with van der Waals surface area (Å²) < 4.78 is 22.0. The van der Waals surface area contributed by atoms with E-state index in [0.717, 1.165) is 22.6 Å². The van der Waals surface area contributed by atoms with Crippen LogP contribution in [0.4, 0.5) is 4.39 Å². The maximum absolute atomic E-state index is 14.4. The van der Waals surface area contributed by atoms with E-state index < -0.39 is 0 Å². The summed E-state index contributed by atoms with van der Waals surface area (Å²) in [7, 11) is 1.71. The summed E-state index contributed by atoms with van der Waals surface area (Å²) in [6.45, 7) is 5.16. The van der Waals surface area contributed by atoms with Crippen molar-refractivity contribution in [3.05, 3.63) is 65.4 Å². The van der Waals surface area contributed by atoms with E-state index in [0.29, 0.717) is 30.8 Å². The van der Waals surface area contributed by atoms with Gasteiger partial charge in [0.05, 0.1) is 24.9 Å². The lowest BCUT2D eigenvalue weighted by Crippen LogP contribution is -2.38. The normalized spacial score (nSPS) is 14.8. The Hall–Kier alpha value is -2.36. The van der Waals surface area contributed by atoms with Crippen LogP contribution in [-0.2, 0) is 6.54 Å². The predicted molar refractivity (Wildman–Crippen MR) is 132 cm³/mol. The van der Waals surface area contributed by atoms with E-state index in [1.165, 1.54) is 18.9 Å². The largest absolute Gasteiger partial charge is 0.490 e. The number of halogens is 2. The van der Waals surface area contributed by atoms with Gasteiger partial charge in [-0.3, -0.25) is 4.99 Å². The van der Waals surface area contributed by atoms with Gasteiger partial charge in [-0.15, -0.1) is 24.0 Å². The van der Waals surface area contributed by atoms with Gasteiger partial charge in [-0.05, 0) is 62.4 Å². The second-order valence-electron chi connectivity index (χ2n) is 7.86. The fourth-order valence-corrected chi connectivity index (χ4v) is 3.34. The first-order valence-electron chi connectivity index (χ1n) is 10.4. The molecule has 0 spiro atoms. The number of pyridine rings is 1. The van der Waals surface area contributed by atoms with E-state index in [4.69, 9.17) is 4.74 Å². The molecule has 1 aromatic carbocycles. The van der Waals surface area contributed by atoms with E-state index in [1.54, 1.807) is 13.1 Å². The van der Waals surface area contributed by atoms with Gasteiger partial charge in [0.1, 0.15) is 5.65 Å². The highest BCUT2D eigenvalue weighted by molar-refractivity contribution is 14.0. The molecule has 0 aliphatic heterocycles. The molecule has 2 heterocycles. The summed E-state index contributed by atoms with van der Waals surface area (Å²) in [5, 5.41) is 6.58. The third kappa shape index (κ3) is 5.87. The molecule has 0 bridgehead atoms. The zero-order valence-corrected chi connectivity index (χ0v) is 20.4. The van der Waals surface area contributed by atoms with E-state index >= 15 is 0 Å². The zero-order chi connectivity index (χ0) is 21.1. The van der Waals surface area contributed by atoms with Gasteiger partial charge in [0.2, 0.25) is 0 Å². The number of aryl methyl sites for hydroxylation is 1. The molecule has 1 fully saturated rings. The maximum atomic E-state index is 14.4. The lowest BCUT2D eigenvalue weighted by molar-refractivity contribution is 0.285. The van der Waals surface area contributed by atoms with Crippen molar-refractivity contribution in [2.45, 2.75) is 39.3 Å². The van der Waals surface area contributed by atoms with Crippen LogP contribution in [0.2, 0.25) is 0 Å². The van der Waals surface area contributed by atoms with Crippen molar-refractivity contribution in [3.8, 4) is 5.75 Å². The fourth-order valence-electron chi connectivity index (χ4n) is 3.34. The summed E-state index contributed by atoms with van der Waals surface area (Å²) >= 11 is 0. The zero-order valence-electron chi connectivity index (χ0n) is 18.1. The van der Waals surface area contributed by atoms with Crippen molar-refractivity contribution < 1.29 is 9.13 Å². The molecule has 0 saturated heterocycles. The van der Waals surface area contributed by atoms with Gasteiger partial charge >= 0.3 is 0 Å². The quantitative estimate of drug-likeness (QED) is 0.263. The summed E-state index contributed by atoms with van der Waals surface area (Å²) in [6.07, 6.45) is 4.38. The third-order valence-corrected chi connectivity index (χ3v) is 5.39. The van der Waals surface area contributed by atoms with Crippen molar-refractivity contribution in [2.75, 3.05) is 13.7 Å². The van der Waals surface area contributed by atoms with Crippen LogP contribution < -0.4 is 15.4 Å². The number of fused-ring (bicyclic) bond motifs is 1. The molecule has 2 N–H and O–H groups in total. The molecule has 1 atom stereocenters. The Morgan fingerprint density at radius 2 is 2.13 bits per heavy atom. The Labute approximate surface area is 199 Å². The number of hydrogen-bond acceptors (Lipinski definition) is 3. The van der Waals surface area contributed by atoms with Crippen molar-refractivity contribution >= 4 is 35.6 Å². The van der Waals surface area contributed by atoms with Crippen LogP contribution in [0.1, 0.15) is 42.8 Å². The molecule has 6 nitrogen and oxygen atoms in total. The van der Waals surface area contributed by atoms with Crippen molar-refractivity contribution in [3.63, 3.8) is 0 Å². The van der Waals surface area contributed by atoms with Gasteiger partial charge in [0.15, 0.2) is 17.5 Å². The highest BCUT2D eigenvalue weighted by atomic mass is 127. The lowest BCUT2D eigenvalue weighted by Gasteiger charge is -2.18. The van der Waals surface area contributed by atoms with Crippen LogP contribution in [0.15, 0.2) is 47.6 Å². The molecule has 4 rings (SSSR count). The molecule has 1 unspecified atom stereocenters. The molecule has 3 aromatic rings. The number of ether oxygens (including phenoxy) is 1. The molecule has 2 aromatic heterocycles. The Morgan fingerprint density at radius 1 is 1.32 bits per heavy atom. The van der Waals surface area contributed by atoms with E-state index in [-0.39, 0.29) is 35.8 Å². The number of aromatic nitrogens is 2. The Kier molecular flexibility index (Phi) is 7.74. The number of aliphatic imine (C=N–C) groups is 1. The smallest absolute Gasteiger partial charge is 0.191 e. The number of nitrogens with zero attached hydrogens (tertiary/aromatic N) is 3. The van der Waals surface area contributed by atoms with Crippen molar-refractivity contribution in [1.29, 1.82) is 0 Å². The number of benzene rings is 1. The molecule has 1 saturated carbocycles. The van der Waals surface area contributed by atoms with Gasteiger partial charge in [-0.25, -0.2) is 9.37 Å². The van der Waals surface area contributed by atoms with Gasteiger partial charge in [0, 0.05) is 18.9 Å². The summed E-state index contributed by atoms with van der Waals surface area (Å²) in [4.78, 5) is 8.90. The highest BCUT2D eigenvalue weighted by Gasteiger charge is 2.22. The number of rotatable bonds is 7. The van der Waals surface area contributed by atoms with Crippen LogP contribution in [0.5, 0.6) is 5.75 Å². The minimum Gasteiger partial charge on any atom is -0.490 e. The fraction of sp³-hybridized carbons (Fsp3) is 0.391. The van der Waals surface area contributed by atoms with Crippen LogP contribution in [-0.4, -0.2) is 29.0 Å². The number of hydrogen-bond donors (Lipinski definition) is 2. The first-order chi connectivity index (χ1) is 14.5. The molecule has 1 aliphatic carbocycles. The van der Waals surface area contributed by atoms with Gasteiger partial charge in [0.25, 0.3) is 0 Å². The molecule has 0 amide bonds. The molecule has 166 valence electrons. The van der Waals surface area contributed by atoms with Gasteiger partial charge in [-0.1, -0.05) is 12.1 Å². The summed E-state index contributed by atoms with van der Waals surface area (Å²) in [5.41, 5.74) is 3.80. The van der Waals surface area contributed by atoms with Gasteiger partial charge in [-0.2, -0.15) is 0 Å². The Bertz CT molecular complexity index is 1060. The highest BCUT2D eigenvalue weighted by Crippen LogP contribution is 2.30. The average Bonchev–Trinajstić information content (AvgIpc) is 3.47. The van der Waals surface area contributed by atoms with Crippen LogP contribution in [0, 0.1) is 18.7 Å². The SMILES string of the molecule is CN=C(NCc1cn2c(C)cccc2n1)NC(C)c1ccc(OCC2CC2)c(F)c1.I. The predicted octanol–water partition coefficient (Wildman–Crippen LogP) is 4.61. The van der Waals surface area contributed by atoms with Crippen molar-refractivity contribution in [1.82, 2.24) is 20.0 Å². The molecular weight excluding hydrogens is 508 g/mol. The maximum Gasteiger partial charge on any atom is 0.191 e. The summed E-state index contributed by atoms with van der Waals surface area (Å²) in [6, 6.07) is 11.0. The van der Waals surface area contributed by atoms with E-state index in [2.05, 4.69) is 38.0 Å². The Balaban J connectivity index is 0.00000272. The number of imidazole rings is 1. The van der Waals surface area contributed by atoms with Crippen LogP contribution >= 0.6 is 24.0 Å². The first kappa shape index (κ1) is 23.3. The van der Waals surface area contributed by atoms with E-state index in [9.17, 15) is 4.39 Å². The minimum atomic E-state index is -0.329. The monoisotopic (exact) mass is 537 g/mol. The van der Waals surface area contributed by atoms with Gasteiger partial charge < -0.3 is 19.8 Å². The standard InChI is InChI=1S/C23H28FN5O.HI/c1-15-5-4-6-22-28-19(13-29(15)22)12-26-23(25-3)27-16(2)18-9-10-21(20(24)11-18)30-14-17-7-8-17;/h4-6,9-11,13,16-17H,7-8,12,14H2,1-3H3,(H2,25,26,27);1H. The molecule has 31 heavy (non-hydrogen) atoms.